The van der Waals surface area contributed by atoms with E-state index in [0.29, 0.717) is 52.5 Å². The van der Waals surface area contributed by atoms with Gasteiger partial charge in [0.2, 0.25) is 0 Å². The van der Waals surface area contributed by atoms with Gasteiger partial charge in [-0.3, -0.25) is 4.79 Å². The zero-order chi connectivity index (χ0) is 28.8. The van der Waals surface area contributed by atoms with E-state index in [0.717, 1.165) is 44.9 Å². The lowest BCUT2D eigenvalue weighted by Gasteiger charge is -2.58. The number of nitrogens with one attached hydrogen (secondary N) is 1. The molecule has 2 aromatic carbocycles. The number of aromatic nitrogens is 3. The number of hydrogen-bond donors (Lipinski definition) is 1. The fourth-order valence-corrected chi connectivity index (χ4v) is 8.23. The van der Waals surface area contributed by atoms with E-state index in [1.807, 2.05) is 59.5 Å². The molecule has 2 heterocycles. The van der Waals surface area contributed by atoms with Gasteiger partial charge in [0.15, 0.2) is 5.69 Å². The van der Waals surface area contributed by atoms with Gasteiger partial charge < -0.3 is 15.0 Å². The van der Waals surface area contributed by atoms with E-state index in [9.17, 15) is 9.59 Å². The number of likely N-dealkylation sites (tertiary alicyclic amines) is 1. The van der Waals surface area contributed by atoms with Crippen molar-refractivity contribution in [3.63, 3.8) is 0 Å². The Morgan fingerprint density at radius 3 is 2.40 bits per heavy atom. The van der Waals surface area contributed by atoms with Crippen molar-refractivity contribution in [1.82, 2.24) is 25.2 Å². The van der Waals surface area contributed by atoms with Gasteiger partial charge in [-0.2, -0.15) is 4.68 Å². The number of piperidine rings is 1. The Hall–Kier alpha value is -3.68. The molecular weight excluding hydrogens is 526 g/mol. The second kappa shape index (κ2) is 10.9. The van der Waals surface area contributed by atoms with Crippen LogP contribution in [0.1, 0.15) is 82.1 Å². The number of ether oxygens (including phenoxy) is 1. The summed E-state index contributed by atoms with van der Waals surface area (Å²) < 4.78 is 7.52. The first-order valence-electron chi connectivity index (χ1n) is 15.8. The summed E-state index contributed by atoms with van der Waals surface area (Å²) in [6.07, 6.45) is 9.83. The third-order valence-electron chi connectivity index (χ3n) is 10.8. The van der Waals surface area contributed by atoms with Crippen LogP contribution < -0.4 is 10.1 Å². The normalized spacial score (nSPS) is 27.9. The van der Waals surface area contributed by atoms with Gasteiger partial charge in [-0.15, -0.1) is 5.10 Å². The number of para-hydroxylation sites is 2. The second-order valence-electron chi connectivity index (χ2n) is 13.4. The third kappa shape index (κ3) is 4.78. The second-order valence-corrected chi connectivity index (χ2v) is 13.4. The van der Waals surface area contributed by atoms with E-state index in [-0.39, 0.29) is 29.7 Å². The molecule has 0 radical (unpaired) electrons. The summed E-state index contributed by atoms with van der Waals surface area (Å²) in [5.41, 5.74) is 1.53. The third-order valence-corrected chi connectivity index (χ3v) is 10.8. The van der Waals surface area contributed by atoms with Crippen LogP contribution in [0.4, 0.5) is 4.79 Å². The van der Waals surface area contributed by atoms with Gasteiger partial charge >= 0.3 is 6.03 Å². The smallest absolute Gasteiger partial charge is 0.347 e. The first kappa shape index (κ1) is 27.2. The van der Waals surface area contributed by atoms with Crippen molar-refractivity contribution in [2.45, 2.75) is 83.7 Å². The number of benzene rings is 2. The average Bonchev–Trinajstić information content (AvgIpc) is 3.46. The molecule has 42 heavy (non-hydrogen) atoms. The number of amides is 2. The minimum absolute atomic E-state index is 0.0779. The number of fused-ring (bicyclic) bond motifs is 3. The Bertz CT molecular complexity index is 1450. The van der Waals surface area contributed by atoms with Crippen molar-refractivity contribution < 1.29 is 14.3 Å². The number of rotatable bonds is 5. The van der Waals surface area contributed by atoms with E-state index in [4.69, 9.17) is 4.74 Å². The zero-order valence-electron chi connectivity index (χ0n) is 24.7. The van der Waals surface area contributed by atoms with Crippen LogP contribution in [0.25, 0.3) is 11.3 Å². The molecule has 8 rings (SSSR count). The molecule has 220 valence electrons. The molecule has 2 unspecified atom stereocenters. The predicted molar refractivity (Wildman–Crippen MR) is 160 cm³/mol. The van der Waals surface area contributed by atoms with Crippen LogP contribution in [0, 0.1) is 23.2 Å². The van der Waals surface area contributed by atoms with Crippen LogP contribution in [0.2, 0.25) is 0 Å². The summed E-state index contributed by atoms with van der Waals surface area (Å²) in [6.45, 7) is 5.38. The predicted octanol–water partition coefficient (Wildman–Crippen LogP) is 6.91. The molecule has 8 nitrogen and oxygen atoms in total. The molecule has 8 heteroatoms. The van der Waals surface area contributed by atoms with E-state index >= 15 is 0 Å². The van der Waals surface area contributed by atoms with Gasteiger partial charge in [0.1, 0.15) is 17.2 Å². The van der Waals surface area contributed by atoms with Crippen molar-refractivity contribution in [1.29, 1.82) is 0 Å². The topological polar surface area (TPSA) is 89.3 Å². The molecule has 1 aliphatic heterocycles. The van der Waals surface area contributed by atoms with Gasteiger partial charge in [0.05, 0.1) is 0 Å². The van der Waals surface area contributed by atoms with E-state index in [1.54, 1.807) is 0 Å². The Labute approximate surface area is 247 Å². The monoisotopic (exact) mass is 567 g/mol. The summed E-state index contributed by atoms with van der Waals surface area (Å²) in [7, 11) is 0. The molecule has 5 fully saturated rings. The highest BCUT2D eigenvalue weighted by molar-refractivity contribution is 6.02. The molecule has 5 atom stereocenters. The Morgan fingerprint density at radius 2 is 1.62 bits per heavy atom. The molecule has 4 aliphatic carbocycles. The van der Waals surface area contributed by atoms with E-state index in [2.05, 4.69) is 29.5 Å². The van der Waals surface area contributed by atoms with E-state index in [1.165, 1.54) is 17.5 Å². The summed E-state index contributed by atoms with van der Waals surface area (Å²) >= 11 is 0. The number of carbonyl (C=O) groups excluding carboxylic acids is 2. The van der Waals surface area contributed by atoms with Crippen molar-refractivity contribution in [3.05, 3.63) is 60.3 Å². The van der Waals surface area contributed by atoms with Gasteiger partial charge in [0.25, 0.3) is 5.91 Å². The number of carbonyl (C=O) groups is 2. The minimum atomic E-state index is -0.292. The lowest BCUT2D eigenvalue weighted by molar-refractivity contribution is -0.0770. The van der Waals surface area contributed by atoms with Crippen molar-refractivity contribution in [3.8, 4) is 22.8 Å². The van der Waals surface area contributed by atoms with Crippen LogP contribution in [0.15, 0.2) is 54.6 Å². The highest BCUT2D eigenvalue weighted by Gasteiger charge is 2.53. The number of hydrogen-bond acceptors (Lipinski definition) is 5. The van der Waals surface area contributed by atoms with Gasteiger partial charge in [0, 0.05) is 24.2 Å². The zero-order valence-corrected chi connectivity index (χ0v) is 24.7. The molecule has 4 saturated carbocycles. The lowest BCUT2D eigenvalue weighted by Crippen LogP contribution is -2.56. The fraction of sp³-hybridized carbons (Fsp3) is 0.529. The molecule has 1 aromatic heterocycles. The van der Waals surface area contributed by atoms with Gasteiger partial charge in [-0.1, -0.05) is 62.2 Å². The molecule has 2 amide bonds. The maximum Gasteiger partial charge on any atom is 0.347 e. The van der Waals surface area contributed by atoms with Crippen molar-refractivity contribution in [2.24, 2.45) is 23.2 Å². The lowest BCUT2D eigenvalue weighted by atomic mass is 9.48. The Morgan fingerprint density at radius 1 is 0.905 bits per heavy atom. The standard InChI is InChI=1S/C34H41N5O3/c1-34(2)23-19-24(34)21-25(20-23)35-32(40)31-30(27-15-7-9-17-29(27)42-26-13-4-3-5-14-26)36-37-39(31)33(41)38-18-10-12-22-11-6-8-16-28(22)38/h3-5,7,9,13-15,17,22-25,28H,6,8,10-12,16,18-21H2,1-2H3,(H,35,40)/t22?,23-,24+,25-,28?. The van der Waals surface area contributed by atoms with E-state index < -0.39 is 0 Å². The highest BCUT2D eigenvalue weighted by Crippen LogP contribution is 2.59. The van der Waals surface area contributed by atoms with Gasteiger partial charge in [-0.05, 0) is 92.4 Å². The van der Waals surface area contributed by atoms with Crippen LogP contribution in [0.3, 0.4) is 0 Å². The molecule has 0 spiro atoms. The average molecular weight is 568 g/mol. The van der Waals surface area contributed by atoms with Crippen molar-refractivity contribution >= 4 is 11.9 Å². The summed E-state index contributed by atoms with van der Waals surface area (Å²) in [5, 5.41) is 12.2. The first-order valence-corrected chi connectivity index (χ1v) is 15.8. The molecular formula is C34H41N5O3. The maximum atomic E-state index is 14.2. The summed E-state index contributed by atoms with van der Waals surface area (Å²) in [4.78, 5) is 30.4. The minimum Gasteiger partial charge on any atom is -0.457 e. The first-order chi connectivity index (χ1) is 20.4. The molecule has 2 bridgehead atoms. The molecule has 5 aliphatic rings. The van der Waals surface area contributed by atoms with Crippen LogP contribution in [-0.2, 0) is 0 Å². The maximum absolute atomic E-state index is 14.2. The largest absolute Gasteiger partial charge is 0.457 e. The highest BCUT2D eigenvalue weighted by atomic mass is 16.5. The van der Waals surface area contributed by atoms with Crippen LogP contribution in [-0.4, -0.2) is 50.5 Å². The molecule has 3 aromatic rings. The Kier molecular flexibility index (Phi) is 7.03. The van der Waals surface area contributed by atoms with Gasteiger partial charge in [-0.25, -0.2) is 4.79 Å². The summed E-state index contributed by atoms with van der Waals surface area (Å²) in [5.74, 6) is 2.70. The molecule has 1 N–H and O–H groups in total. The SMILES string of the molecule is CC1(C)[C@@H]2C[C@H](NC(=O)c3c(-c4ccccc4Oc4ccccc4)nnn3C(=O)N3CCCC4CCCCC43)C[C@H]1C2. The summed E-state index contributed by atoms with van der Waals surface area (Å²) in [6, 6.07) is 17.1. The quantitative estimate of drug-likeness (QED) is 0.362. The van der Waals surface area contributed by atoms with Crippen LogP contribution >= 0.6 is 0 Å². The number of nitrogens with zero attached hydrogens (tertiary/aromatic N) is 4. The fourth-order valence-electron chi connectivity index (χ4n) is 8.23. The van der Waals surface area contributed by atoms with Crippen molar-refractivity contribution in [2.75, 3.05) is 6.54 Å². The van der Waals surface area contributed by atoms with Crippen LogP contribution in [0.5, 0.6) is 11.5 Å². The molecule has 1 saturated heterocycles. The Balaban J connectivity index is 1.24.